The highest BCUT2D eigenvalue weighted by molar-refractivity contribution is 6.08. The third-order valence-corrected chi connectivity index (χ3v) is 2.40. The Labute approximate surface area is 111 Å². The Bertz CT molecular complexity index is 533. The van der Waals surface area contributed by atoms with Crippen molar-refractivity contribution in [2.75, 3.05) is 0 Å². The fraction of sp³-hybridized carbons (Fsp3) is 0. The van der Waals surface area contributed by atoms with Crippen LogP contribution in [0.3, 0.4) is 0 Å². The van der Waals surface area contributed by atoms with Crippen LogP contribution in [0.15, 0.2) is 73.3 Å². The Morgan fingerprint density at radius 2 is 1.37 bits per heavy atom. The lowest BCUT2D eigenvalue weighted by molar-refractivity contribution is 0.103. The average molecular weight is 251 g/mol. The molecule has 3 aromatic rings. The van der Waals surface area contributed by atoms with E-state index in [4.69, 9.17) is 0 Å². The van der Waals surface area contributed by atoms with Crippen LogP contribution in [0.25, 0.3) is 0 Å². The van der Waals surface area contributed by atoms with E-state index in [0.717, 1.165) is 11.1 Å². The number of hydrogen-bond acceptors (Lipinski definition) is 3. The van der Waals surface area contributed by atoms with E-state index >= 15 is 0 Å². The van der Waals surface area contributed by atoms with E-state index in [9.17, 15) is 4.79 Å². The third-order valence-electron chi connectivity index (χ3n) is 2.40. The van der Waals surface area contributed by atoms with Crippen molar-refractivity contribution in [2.24, 2.45) is 0 Å². The number of carbonyl (C=O) groups is 1. The zero-order valence-corrected chi connectivity index (χ0v) is 10.2. The highest BCUT2D eigenvalue weighted by atomic mass is 16.1. The van der Waals surface area contributed by atoms with Gasteiger partial charge < -0.3 is 0 Å². The van der Waals surface area contributed by atoms with Crippen LogP contribution in [0, 0.1) is 0 Å². The summed E-state index contributed by atoms with van der Waals surface area (Å²) in [6, 6.07) is 18.6. The standard InChI is InChI=1S/C13H10O.C2H3N3/c14-13(11-7-3-1-4-8-11)12-9-5-2-6-10-12;1-3-2-5-4-1/h1-10H;1-2H,(H,3,4,5). The number of H-pyrrole nitrogens is 1. The molecular formula is C15H13N3O. The number of carbonyl (C=O) groups excluding carboxylic acids is 1. The van der Waals surface area contributed by atoms with Gasteiger partial charge in [-0.2, -0.15) is 5.10 Å². The van der Waals surface area contributed by atoms with Crippen LogP contribution >= 0.6 is 0 Å². The first-order chi connectivity index (χ1) is 9.38. The van der Waals surface area contributed by atoms with Crippen LogP contribution < -0.4 is 0 Å². The lowest BCUT2D eigenvalue weighted by Gasteiger charge is -1.99. The van der Waals surface area contributed by atoms with Crippen molar-refractivity contribution in [1.82, 2.24) is 15.2 Å². The van der Waals surface area contributed by atoms with Gasteiger partial charge in [0.1, 0.15) is 12.7 Å². The molecule has 4 heteroatoms. The van der Waals surface area contributed by atoms with E-state index in [1.54, 1.807) is 0 Å². The molecule has 2 aromatic carbocycles. The Hall–Kier alpha value is -2.75. The van der Waals surface area contributed by atoms with Crippen molar-refractivity contribution < 1.29 is 4.79 Å². The number of hydrogen-bond donors (Lipinski definition) is 1. The highest BCUT2D eigenvalue weighted by Crippen LogP contribution is 2.08. The van der Waals surface area contributed by atoms with Crippen molar-refractivity contribution in [3.05, 3.63) is 84.4 Å². The molecule has 94 valence electrons. The molecule has 3 rings (SSSR count). The summed E-state index contributed by atoms with van der Waals surface area (Å²) in [6.07, 6.45) is 2.96. The minimum atomic E-state index is 0.0752. The molecule has 1 aromatic heterocycles. The van der Waals surface area contributed by atoms with Gasteiger partial charge in [0, 0.05) is 11.1 Å². The fourth-order valence-electron chi connectivity index (χ4n) is 1.51. The van der Waals surface area contributed by atoms with Crippen LogP contribution in [0.1, 0.15) is 15.9 Å². The van der Waals surface area contributed by atoms with Crippen molar-refractivity contribution in [2.45, 2.75) is 0 Å². The van der Waals surface area contributed by atoms with Crippen LogP contribution in [0.2, 0.25) is 0 Å². The Balaban J connectivity index is 0.000000224. The zero-order chi connectivity index (χ0) is 13.3. The summed E-state index contributed by atoms with van der Waals surface area (Å²) in [5.74, 6) is 0.0752. The lowest BCUT2D eigenvalue weighted by Crippen LogP contribution is -1.99. The molecule has 4 nitrogen and oxygen atoms in total. The van der Waals surface area contributed by atoms with Crippen molar-refractivity contribution in [3.63, 3.8) is 0 Å². The van der Waals surface area contributed by atoms with E-state index in [1.807, 2.05) is 60.7 Å². The normalized spacial score (nSPS) is 9.26. The number of rotatable bonds is 2. The molecule has 0 aliphatic rings. The summed E-state index contributed by atoms with van der Waals surface area (Å²) in [5.41, 5.74) is 1.47. The molecule has 19 heavy (non-hydrogen) atoms. The molecule has 0 fully saturated rings. The van der Waals surface area contributed by atoms with E-state index in [1.165, 1.54) is 12.7 Å². The second kappa shape index (κ2) is 6.86. The van der Waals surface area contributed by atoms with Crippen LogP contribution in [0.4, 0.5) is 0 Å². The molecule has 1 N–H and O–H groups in total. The molecule has 0 amide bonds. The van der Waals surface area contributed by atoms with E-state index in [2.05, 4.69) is 15.2 Å². The fourth-order valence-corrected chi connectivity index (χ4v) is 1.51. The summed E-state index contributed by atoms with van der Waals surface area (Å²) >= 11 is 0. The largest absolute Gasteiger partial charge is 0.289 e. The van der Waals surface area contributed by atoms with Crippen molar-refractivity contribution in [1.29, 1.82) is 0 Å². The summed E-state index contributed by atoms with van der Waals surface area (Å²) in [4.78, 5) is 15.4. The summed E-state index contributed by atoms with van der Waals surface area (Å²) in [6.45, 7) is 0. The van der Waals surface area contributed by atoms with Crippen molar-refractivity contribution >= 4 is 5.78 Å². The van der Waals surface area contributed by atoms with Gasteiger partial charge in [-0.1, -0.05) is 60.7 Å². The molecule has 1 heterocycles. The van der Waals surface area contributed by atoms with Crippen LogP contribution in [-0.2, 0) is 0 Å². The smallest absolute Gasteiger partial charge is 0.193 e. The second-order valence-electron chi connectivity index (χ2n) is 3.71. The molecule has 0 aliphatic carbocycles. The molecule has 0 atom stereocenters. The predicted octanol–water partition coefficient (Wildman–Crippen LogP) is 2.72. The summed E-state index contributed by atoms with van der Waals surface area (Å²) in [7, 11) is 0. The highest BCUT2D eigenvalue weighted by Gasteiger charge is 2.06. The van der Waals surface area contributed by atoms with Gasteiger partial charge in [0.05, 0.1) is 0 Å². The average Bonchev–Trinajstić information content (AvgIpc) is 3.08. The van der Waals surface area contributed by atoms with Crippen LogP contribution in [0.5, 0.6) is 0 Å². The molecular weight excluding hydrogens is 238 g/mol. The number of benzene rings is 2. The SMILES string of the molecule is O=C(c1ccccc1)c1ccccc1.c1nc[nH]n1. The number of nitrogens with zero attached hydrogens (tertiary/aromatic N) is 2. The Kier molecular flexibility index (Phi) is 4.58. The van der Waals surface area contributed by atoms with Crippen LogP contribution in [-0.4, -0.2) is 21.0 Å². The summed E-state index contributed by atoms with van der Waals surface area (Å²) < 4.78 is 0. The van der Waals surface area contributed by atoms with Gasteiger partial charge in [-0.05, 0) is 0 Å². The van der Waals surface area contributed by atoms with Gasteiger partial charge in [0.2, 0.25) is 0 Å². The van der Waals surface area contributed by atoms with Gasteiger partial charge in [-0.25, -0.2) is 4.98 Å². The van der Waals surface area contributed by atoms with Gasteiger partial charge in [0.25, 0.3) is 0 Å². The molecule has 0 saturated carbocycles. The first kappa shape index (κ1) is 12.7. The Morgan fingerprint density at radius 1 is 0.842 bits per heavy atom. The van der Waals surface area contributed by atoms with Gasteiger partial charge in [-0.3, -0.25) is 9.89 Å². The molecule has 0 bridgehead atoms. The topological polar surface area (TPSA) is 58.6 Å². The van der Waals surface area contributed by atoms with Crippen molar-refractivity contribution in [3.8, 4) is 0 Å². The Morgan fingerprint density at radius 3 is 1.68 bits per heavy atom. The number of aromatic nitrogens is 3. The van der Waals surface area contributed by atoms with E-state index in [0.29, 0.717) is 0 Å². The van der Waals surface area contributed by atoms with Gasteiger partial charge in [-0.15, -0.1) is 0 Å². The number of ketones is 1. The summed E-state index contributed by atoms with van der Waals surface area (Å²) in [5, 5.41) is 5.99. The van der Waals surface area contributed by atoms with Gasteiger partial charge >= 0.3 is 0 Å². The first-order valence-corrected chi connectivity index (χ1v) is 5.81. The maximum Gasteiger partial charge on any atom is 0.193 e. The molecule has 0 saturated heterocycles. The molecule has 0 radical (unpaired) electrons. The maximum absolute atomic E-state index is 11.8. The zero-order valence-electron chi connectivity index (χ0n) is 10.2. The second-order valence-corrected chi connectivity index (χ2v) is 3.71. The quantitative estimate of drug-likeness (QED) is 0.712. The third kappa shape index (κ3) is 3.89. The molecule has 0 aliphatic heterocycles. The molecule has 0 unspecified atom stereocenters. The monoisotopic (exact) mass is 251 g/mol. The van der Waals surface area contributed by atoms with E-state index < -0.39 is 0 Å². The molecule has 0 spiro atoms. The number of aromatic amines is 1. The van der Waals surface area contributed by atoms with Gasteiger partial charge in [0.15, 0.2) is 5.78 Å². The minimum absolute atomic E-state index is 0.0752. The lowest BCUT2D eigenvalue weighted by atomic mass is 10.0. The van der Waals surface area contributed by atoms with E-state index in [-0.39, 0.29) is 5.78 Å². The predicted molar refractivity (Wildman–Crippen MR) is 72.7 cm³/mol. The number of nitrogens with one attached hydrogen (secondary N) is 1. The minimum Gasteiger partial charge on any atom is -0.289 e. The first-order valence-electron chi connectivity index (χ1n) is 5.81. The maximum atomic E-state index is 11.8.